The molecule has 0 unspecified atom stereocenters. The molecule has 2 aromatic heterocycles. The van der Waals surface area contributed by atoms with Gasteiger partial charge in [-0.1, -0.05) is 60.2 Å². The van der Waals surface area contributed by atoms with Crippen molar-refractivity contribution in [2.45, 2.75) is 32.9 Å². The van der Waals surface area contributed by atoms with Gasteiger partial charge in [0.2, 0.25) is 5.91 Å². The van der Waals surface area contributed by atoms with Crippen LogP contribution in [0.2, 0.25) is 0 Å². The molecule has 0 aliphatic carbocycles. The van der Waals surface area contributed by atoms with Crippen molar-refractivity contribution in [3.63, 3.8) is 0 Å². The van der Waals surface area contributed by atoms with Gasteiger partial charge in [-0.05, 0) is 25.0 Å². The predicted octanol–water partition coefficient (Wildman–Crippen LogP) is 5.04. The minimum Gasteiger partial charge on any atom is -0.339 e. The number of aromatic nitrogens is 2. The van der Waals surface area contributed by atoms with Gasteiger partial charge in [0.15, 0.2) is 0 Å². The van der Waals surface area contributed by atoms with Gasteiger partial charge in [-0.3, -0.25) is 14.2 Å². The van der Waals surface area contributed by atoms with E-state index in [2.05, 4.69) is 4.98 Å². The minimum atomic E-state index is -0.103. The van der Waals surface area contributed by atoms with Crippen LogP contribution >= 0.6 is 11.3 Å². The molecule has 31 heavy (non-hydrogen) atoms. The van der Waals surface area contributed by atoms with E-state index >= 15 is 0 Å². The van der Waals surface area contributed by atoms with Crippen LogP contribution in [0, 0.1) is 6.92 Å². The largest absolute Gasteiger partial charge is 0.339 e. The first-order valence-electron chi connectivity index (χ1n) is 10.3. The molecule has 0 spiro atoms. The zero-order valence-electron chi connectivity index (χ0n) is 17.9. The third-order valence-electron chi connectivity index (χ3n) is 5.75. The first-order valence-corrected chi connectivity index (χ1v) is 11.2. The molecule has 1 atom stereocenters. The molecule has 4 rings (SSSR count). The van der Waals surface area contributed by atoms with Crippen molar-refractivity contribution in [2.24, 2.45) is 0 Å². The van der Waals surface area contributed by atoms with Crippen LogP contribution in [-0.4, -0.2) is 27.4 Å². The molecular weight excluding hydrogens is 406 g/mol. The molecule has 1 amide bonds. The first kappa shape index (κ1) is 21.0. The van der Waals surface area contributed by atoms with Gasteiger partial charge in [-0.25, -0.2) is 4.98 Å². The molecule has 0 aliphatic heterocycles. The van der Waals surface area contributed by atoms with Gasteiger partial charge < -0.3 is 4.90 Å². The molecule has 158 valence electrons. The van der Waals surface area contributed by atoms with Crippen molar-refractivity contribution in [3.05, 3.63) is 87.8 Å². The number of carbonyl (C=O) groups is 1. The average molecular weight is 432 g/mol. The monoisotopic (exact) mass is 431 g/mol. The lowest BCUT2D eigenvalue weighted by atomic mass is 10.1. The Kier molecular flexibility index (Phi) is 6.00. The van der Waals surface area contributed by atoms with Gasteiger partial charge in [0, 0.05) is 31.0 Å². The normalized spacial score (nSPS) is 12.1. The maximum absolute atomic E-state index is 13.2. The number of carbonyl (C=O) groups excluding carboxylic acids is 1. The second-order valence-corrected chi connectivity index (χ2v) is 8.64. The average Bonchev–Trinajstić information content (AvgIpc) is 3.23. The Bertz CT molecular complexity index is 1260. The summed E-state index contributed by atoms with van der Waals surface area (Å²) in [7, 11) is 1.80. The van der Waals surface area contributed by atoms with E-state index in [1.54, 1.807) is 22.8 Å². The predicted molar refractivity (Wildman–Crippen MR) is 126 cm³/mol. The van der Waals surface area contributed by atoms with E-state index in [0.29, 0.717) is 11.9 Å². The van der Waals surface area contributed by atoms with Crippen LogP contribution in [0.5, 0.6) is 0 Å². The molecule has 0 N–H and O–H groups in total. The Balaban J connectivity index is 1.54. The number of benzene rings is 2. The molecule has 0 fully saturated rings. The molecule has 0 saturated carbocycles. The van der Waals surface area contributed by atoms with Gasteiger partial charge in [-0.2, -0.15) is 0 Å². The molecule has 0 aliphatic rings. The third-order valence-corrected chi connectivity index (χ3v) is 6.63. The molecule has 2 aromatic carbocycles. The van der Waals surface area contributed by atoms with Crippen LogP contribution in [0.25, 0.3) is 21.3 Å². The van der Waals surface area contributed by atoms with E-state index in [1.165, 1.54) is 16.9 Å². The van der Waals surface area contributed by atoms with Crippen molar-refractivity contribution in [2.75, 3.05) is 7.05 Å². The Labute approximate surface area is 185 Å². The fraction of sp³-hybridized carbons (Fsp3) is 0.240. The van der Waals surface area contributed by atoms with Crippen molar-refractivity contribution < 1.29 is 4.79 Å². The van der Waals surface area contributed by atoms with Gasteiger partial charge in [0.1, 0.15) is 4.83 Å². The number of aryl methyl sites for hydroxylation is 2. The SMILES string of the molecule is Cc1ccc(-c2csc3ncn(CCC(=O)N(C)[C@@H](C)c4ccccc4)c(=O)c23)cc1. The standard InChI is InChI=1S/C25H25N3O2S/c1-17-9-11-20(12-10-17)21-15-31-24-23(21)25(30)28(16-26-24)14-13-22(29)27(3)18(2)19-7-5-4-6-8-19/h4-12,15-16,18H,13-14H2,1-3H3/t18-/m0/s1. The van der Waals surface area contributed by atoms with Gasteiger partial charge in [0.05, 0.1) is 17.8 Å². The summed E-state index contributed by atoms with van der Waals surface area (Å²) < 4.78 is 1.55. The van der Waals surface area contributed by atoms with Crippen LogP contribution in [-0.2, 0) is 11.3 Å². The van der Waals surface area contributed by atoms with Crippen molar-refractivity contribution in [3.8, 4) is 11.1 Å². The number of fused-ring (bicyclic) bond motifs is 1. The Morgan fingerprint density at radius 2 is 1.84 bits per heavy atom. The zero-order chi connectivity index (χ0) is 22.0. The molecule has 6 heteroatoms. The van der Waals surface area contributed by atoms with Gasteiger partial charge >= 0.3 is 0 Å². The topological polar surface area (TPSA) is 55.2 Å². The van der Waals surface area contributed by atoms with Crippen LogP contribution < -0.4 is 5.56 Å². The molecule has 0 bridgehead atoms. The third kappa shape index (κ3) is 4.30. The van der Waals surface area contributed by atoms with Crippen LogP contribution in [0.3, 0.4) is 0 Å². The fourth-order valence-corrected chi connectivity index (χ4v) is 4.54. The van der Waals surface area contributed by atoms with E-state index in [0.717, 1.165) is 21.5 Å². The Morgan fingerprint density at radius 1 is 1.13 bits per heavy atom. The summed E-state index contributed by atoms with van der Waals surface area (Å²) in [5, 5.41) is 2.60. The molecule has 2 heterocycles. The summed E-state index contributed by atoms with van der Waals surface area (Å²) in [5.41, 5.74) is 4.05. The van der Waals surface area contributed by atoms with Gasteiger partial charge in [-0.15, -0.1) is 11.3 Å². The van der Waals surface area contributed by atoms with E-state index in [1.807, 2.05) is 73.8 Å². The highest BCUT2D eigenvalue weighted by molar-refractivity contribution is 7.17. The van der Waals surface area contributed by atoms with Crippen LogP contribution in [0.15, 0.2) is 71.1 Å². The number of thiophene rings is 1. The van der Waals surface area contributed by atoms with Gasteiger partial charge in [0.25, 0.3) is 5.56 Å². The molecule has 5 nitrogen and oxygen atoms in total. The number of hydrogen-bond acceptors (Lipinski definition) is 4. The highest BCUT2D eigenvalue weighted by Gasteiger charge is 2.18. The second-order valence-electron chi connectivity index (χ2n) is 7.78. The Hall–Kier alpha value is -3.25. The molecule has 0 radical (unpaired) electrons. The van der Waals surface area contributed by atoms with Crippen molar-refractivity contribution in [1.82, 2.24) is 14.5 Å². The second kappa shape index (κ2) is 8.86. The van der Waals surface area contributed by atoms with Crippen molar-refractivity contribution >= 4 is 27.5 Å². The Morgan fingerprint density at radius 3 is 2.55 bits per heavy atom. The molecular formula is C25H25N3O2S. The van der Waals surface area contributed by atoms with Crippen molar-refractivity contribution in [1.29, 1.82) is 0 Å². The van der Waals surface area contributed by atoms with E-state index in [9.17, 15) is 9.59 Å². The summed E-state index contributed by atoms with van der Waals surface area (Å²) in [6.45, 7) is 4.35. The van der Waals surface area contributed by atoms with Crippen LogP contribution in [0.1, 0.15) is 30.5 Å². The smallest absolute Gasteiger partial charge is 0.262 e. The van der Waals surface area contributed by atoms with E-state index < -0.39 is 0 Å². The van der Waals surface area contributed by atoms with E-state index in [-0.39, 0.29) is 23.9 Å². The molecule has 0 saturated heterocycles. The maximum Gasteiger partial charge on any atom is 0.262 e. The quantitative estimate of drug-likeness (QED) is 0.430. The maximum atomic E-state index is 13.2. The highest BCUT2D eigenvalue weighted by Crippen LogP contribution is 2.30. The summed E-state index contributed by atoms with van der Waals surface area (Å²) in [5.74, 6) is -0.00701. The number of rotatable bonds is 6. The lowest BCUT2D eigenvalue weighted by Gasteiger charge is -2.25. The summed E-state index contributed by atoms with van der Waals surface area (Å²) in [6.07, 6.45) is 1.79. The number of nitrogens with zero attached hydrogens (tertiary/aromatic N) is 3. The lowest BCUT2D eigenvalue weighted by molar-refractivity contribution is -0.132. The first-order chi connectivity index (χ1) is 15.0. The van der Waals surface area contributed by atoms with Crippen LogP contribution in [0.4, 0.5) is 0 Å². The lowest BCUT2D eigenvalue weighted by Crippen LogP contribution is -2.31. The molecule has 4 aromatic rings. The summed E-state index contributed by atoms with van der Waals surface area (Å²) >= 11 is 1.47. The fourth-order valence-electron chi connectivity index (χ4n) is 3.64. The summed E-state index contributed by atoms with van der Waals surface area (Å²) in [6, 6.07) is 18.0. The number of amides is 1. The highest BCUT2D eigenvalue weighted by atomic mass is 32.1. The minimum absolute atomic E-state index is 0.00701. The zero-order valence-corrected chi connectivity index (χ0v) is 18.7. The van der Waals surface area contributed by atoms with E-state index in [4.69, 9.17) is 0 Å². The summed E-state index contributed by atoms with van der Waals surface area (Å²) in [4.78, 5) is 32.9. The number of hydrogen-bond donors (Lipinski definition) is 0.